The molecule has 2 fully saturated rings. The van der Waals surface area contributed by atoms with Gasteiger partial charge in [-0.2, -0.15) is 4.98 Å². The predicted molar refractivity (Wildman–Crippen MR) is 160 cm³/mol. The zero-order chi connectivity index (χ0) is 32.9. The molecule has 4 heterocycles. The van der Waals surface area contributed by atoms with Crippen molar-refractivity contribution in [3.63, 3.8) is 0 Å². The fourth-order valence-corrected chi connectivity index (χ4v) is 6.33. The van der Waals surface area contributed by atoms with E-state index in [2.05, 4.69) is 30.4 Å². The lowest BCUT2D eigenvalue weighted by Crippen LogP contribution is -2.36. The molecule has 2 saturated heterocycles. The Labute approximate surface area is 262 Å². The number of H-pyrrole nitrogens is 1. The number of anilines is 1. The van der Waals surface area contributed by atoms with E-state index in [1.807, 2.05) is 0 Å². The van der Waals surface area contributed by atoms with Crippen molar-refractivity contribution in [1.82, 2.24) is 34.3 Å². The van der Waals surface area contributed by atoms with Crippen molar-refractivity contribution in [2.75, 3.05) is 64.4 Å². The smallest absolute Gasteiger partial charge is 0.351 e. The number of carbonyl (C=O) groups excluding carboxylic acids is 1. The van der Waals surface area contributed by atoms with Crippen molar-refractivity contribution in [3.8, 4) is 0 Å². The van der Waals surface area contributed by atoms with Crippen LogP contribution in [0.2, 0.25) is 0 Å². The van der Waals surface area contributed by atoms with Gasteiger partial charge in [-0.1, -0.05) is 5.22 Å². The third kappa shape index (κ3) is 10.7. The maximum absolute atomic E-state index is 12.2. The van der Waals surface area contributed by atoms with E-state index in [0.717, 1.165) is 17.5 Å². The Balaban J connectivity index is 0.000000233. The van der Waals surface area contributed by atoms with E-state index >= 15 is 0 Å². The number of nitrogens with zero attached hydrogens (tertiary/aromatic N) is 7. The molecular weight excluding hydrogens is 648 g/mol. The van der Waals surface area contributed by atoms with E-state index in [1.165, 1.54) is 23.6 Å². The number of aromatic nitrogens is 4. The number of hydrogen-bond acceptors (Lipinski definition) is 13. The van der Waals surface area contributed by atoms with E-state index in [1.54, 1.807) is 18.8 Å². The number of alkyl halides is 2. The van der Waals surface area contributed by atoms with Gasteiger partial charge in [0, 0.05) is 51.7 Å². The summed E-state index contributed by atoms with van der Waals surface area (Å²) in [4.78, 5) is 32.1. The molecule has 0 saturated carbocycles. The third-order valence-electron chi connectivity index (χ3n) is 5.78. The molecule has 1 unspecified atom stereocenters. The van der Waals surface area contributed by atoms with Crippen LogP contribution in [0.3, 0.4) is 0 Å². The first kappa shape index (κ1) is 37.5. The number of nitrogens with two attached hydrogens (primary N) is 2. The second-order valence-electron chi connectivity index (χ2n) is 9.22. The molecule has 44 heavy (non-hydrogen) atoms. The normalized spacial score (nSPS) is 24.8. The van der Waals surface area contributed by atoms with E-state index in [4.69, 9.17) is 49.0 Å². The summed E-state index contributed by atoms with van der Waals surface area (Å²) in [5, 5.41) is 40.0. The van der Waals surface area contributed by atoms with Crippen molar-refractivity contribution >= 4 is 48.4 Å². The summed E-state index contributed by atoms with van der Waals surface area (Å²) >= 11 is 11.2. The summed E-state index contributed by atoms with van der Waals surface area (Å²) in [6.07, 6.45) is -1.04. The Morgan fingerprint density at radius 3 is 2.45 bits per heavy atom. The van der Waals surface area contributed by atoms with Gasteiger partial charge in [-0.05, 0) is 12.5 Å². The molecule has 1 amide bonds. The van der Waals surface area contributed by atoms with Crippen molar-refractivity contribution < 1.29 is 33.9 Å². The molecule has 2 aromatic heterocycles. The number of hydrogen-bond donors (Lipinski definition) is 7. The summed E-state index contributed by atoms with van der Waals surface area (Å²) in [5.41, 5.74) is 9.75. The first-order valence-electron chi connectivity index (χ1n) is 13.1. The van der Waals surface area contributed by atoms with Gasteiger partial charge in [0.05, 0.1) is 19.5 Å². The molecule has 0 bridgehead atoms. The quantitative estimate of drug-likeness (QED) is 0.0711. The molecule has 0 spiro atoms. The Hall–Kier alpha value is -2.71. The van der Waals surface area contributed by atoms with Crippen LogP contribution in [0.25, 0.3) is 0 Å². The van der Waals surface area contributed by atoms with Crippen LogP contribution in [-0.2, 0) is 13.8 Å². The largest absolute Gasteiger partial charge is 0.394 e. The van der Waals surface area contributed by atoms with E-state index in [9.17, 15) is 24.4 Å². The second kappa shape index (κ2) is 18.3. The topological polar surface area (TPSA) is 272 Å². The summed E-state index contributed by atoms with van der Waals surface area (Å²) in [6.45, 7) is 1.85. The molecule has 248 valence electrons. The van der Waals surface area contributed by atoms with Crippen LogP contribution in [0.15, 0.2) is 33.7 Å². The number of nitrogen functional groups attached to an aromatic ring is 1. The summed E-state index contributed by atoms with van der Waals surface area (Å²) in [7, 11) is 0.582. The summed E-state index contributed by atoms with van der Waals surface area (Å²) in [5.74, 6) is 0.533. The maximum atomic E-state index is 12.2. The van der Waals surface area contributed by atoms with E-state index < -0.39 is 50.4 Å². The average molecular weight is 686 g/mol. The van der Waals surface area contributed by atoms with Gasteiger partial charge in [-0.3, -0.25) is 18.9 Å². The predicted octanol–water partition coefficient (Wildman–Crippen LogP) is -0.610. The lowest BCUT2D eigenvalue weighted by Gasteiger charge is -2.33. The molecule has 4 rings (SSSR count). The highest BCUT2D eigenvalue weighted by Gasteiger charge is 2.43. The van der Waals surface area contributed by atoms with Crippen molar-refractivity contribution in [2.24, 2.45) is 16.1 Å². The number of aliphatic hydroxyl groups is 3. The molecule has 2 aliphatic heterocycles. The summed E-state index contributed by atoms with van der Waals surface area (Å²) in [6, 6.07) is 1.37. The van der Waals surface area contributed by atoms with Gasteiger partial charge < -0.3 is 41.0 Å². The van der Waals surface area contributed by atoms with Gasteiger partial charge in [-0.25, -0.2) is 19.5 Å². The third-order valence-corrected chi connectivity index (χ3v) is 8.41. The monoisotopic (exact) mass is 685 g/mol. The Kier molecular flexibility index (Phi) is 15.6. The lowest BCUT2D eigenvalue weighted by molar-refractivity contribution is -0.0549. The minimum atomic E-state index is -2.84. The van der Waals surface area contributed by atoms with Crippen LogP contribution >= 0.6 is 30.9 Å². The van der Waals surface area contributed by atoms with Gasteiger partial charge in [-0.15, -0.1) is 28.3 Å². The Morgan fingerprint density at radius 2 is 1.95 bits per heavy atom. The number of aromatic amines is 1. The summed E-state index contributed by atoms with van der Waals surface area (Å²) < 4.78 is 25.4. The van der Waals surface area contributed by atoms with Crippen LogP contribution in [-0.4, -0.2) is 127 Å². The van der Waals surface area contributed by atoms with Gasteiger partial charge >= 0.3 is 13.4 Å². The van der Waals surface area contributed by atoms with E-state index in [-0.39, 0.29) is 17.3 Å². The van der Waals surface area contributed by atoms with Crippen molar-refractivity contribution in [2.45, 2.75) is 31.0 Å². The van der Waals surface area contributed by atoms with Gasteiger partial charge in [0.25, 0.3) is 5.91 Å². The highest BCUT2D eigenvalue weighted by atomic mass is 35.5. The van der Waals surface area contributed by atoms with Gasteiger partial charge in [0.15, 0.2) is 17.7 Å². The number of imidazole rings is 1. The van der Waals surface area contributed by atoms with Crippen LogP contribution in [0, 0.1) is 0 Å². The zero-order valence-corrected chi connectivity index (χ0v) is 26.5. The minimum absolute atomic E-state index is 0.0537. The highest BCUT2D eigenvalue weighted by Crippen LogP contribution is 2.48. The van der Waals surface area contributed by atoms with Crippen molar-refractivity contribution in [1.29, 1.82) is 0 Å². The SMILES string of the molecule is CN(C)/N=N/c1[nH]cnc1C(N)=O.Nc1ccn([C@@H]2O[C@H](CO)[C@@H](O)[C@@H]2O)c(=O)n1.O=P1(N(CCCl)CCCl)NCCCO1. The number of carbonyl (C=O) groups is 1. The number of halogens is 2. The Bertz CT molecular complexity index is 1300. The number of ether oxygens (including phenoxy) is 1. The van der Waals surface area contributed by atoms with Crippen LogP contribution in [0.5, 0.6) is 0 Å². The number of aliphatic hydroxyl groups excluding tert-OH is 3. The molecule has 9 N–H and O–H groups in total. The standard InChI is InChI=1S/C9H13N3O5.C7H15Cl2N2O2P.C6H10N6O/c10-5-1-2-12(9(16)11-5)8-7(15)6(14)4(3-13)17-8;8-2-5-11(6-3-9)14(12)10-4-1-7-13-14;1-12(2)11-10-6-4(5(7)13)8-3-9-6/h1-2,4,6-8,13-15H,3H2,(H2,10,11,16);1-7H2,(H,10,12);3H,1-2H3,(H2,7,13)(H,8,9)/b;;11-10+/t4-,6-,7+,8-;;/m1../s1. The zero-order valence-electron chi connectivity index (χ0n) is 24.1. The fraction of sp³-hybridized carbons (Fsp3) is 0.636. The maximum Gasteiger partial charge on any atom is 0.351 e. The lowest BCUT2D eigenvalue weighted by atomic mass is 10.1. The molecule has 2 aromatic rings. The molecular formula is C22H38Cl2N11O8P. The molecule has 22 heteroatoms. The van der Waals surface area contributed by atoms with Crippen LogP contribution < -0.4 is 22.2 Å². The fourth-order valence-electron chi connectivity index (χ4n) is 3.69. The Morgan fingerprint density at radius 1 is 1.27 bits per heavy atom. The minimum Gasteiger partial charge on any atom is -0.394 e. The van der Waals surface area contributed by atoms with Crippen LogP contribution in [0.1, 0.15) is 23.1 Å². The molecule has 0 aliphatic carbocycles. The number of nitrogens with one attached hydrogen (secondary N) is 2. The molecule has 2 aliphatic rings. The van der Waals surface area contributed by atoms with Crippen LogP contribution in [0.4, 0.5) is 11.6 Å². The molecule has 0 aromatic carbocycles. The average Bonchev–Trinajstić information content (AvgIpc) is 3.57. The first-order chi connectivity index (χ1) is 20.9. The second-order valence-corrected chi connectivity index (χ2v) is 12.2. The number of primary amides is 1. The van der Waals surface area contributed by atoms with Gasteiger partial charge in [0.1, 0.15) is 24.1 Å². The van der Waals surface area contributed by atoms with E-state index in [0.29, 0.717) is 31.5 Å². The molecule has 19 nitrogen and oxygen atoms in total. The highest BCUT2D eigenvalue weighted by molar-refractivity contribution is 7.54. The van der Waals surface area contributed by atoms with Gasteiger partial charge in [0.2, 0.25) is 0 Å². The number of amides is 1. The first-order valence-corrected chi connectivity index (χ1v) is 15.8. The number of rotatable bonds is 10. The van der Waals surface area contributed by atoms with Crippen molar-refractivity contribution in [3.05, 3.63) is 34.8 Å². The molecule has 0 radical (unpaired) electrons. The molecule has 5 atom stereocenters.